The van der Waals surface area contributed by atoms with Crippen LogP contribution in [0.2, 0.25) is 0 Å². The minimum absolute atomic E-state index is 0.138. The number of benzene rings is 3. The molecule has 0 saturated heterocycles. The van der Waals surface area contributed by atoms with Crippen molar-refractivity contribution >= 4 is 22.7 Å². The number of aliphatic hydroxyl groups excluding tert-OH is 1. The van der Waals surface area contributed by atoms with Gasteiger partial charge in [0, 0.05) is 0 Å². The number of aliphatic carboxylic acids is 1. The Bertz CT molecular complexity index is 1450. The summed E-state index contributed by atoms with van der Waals surface area (Å²) in [6, 6.07) is 17.9. The standard InChI is InChI=1S/C37H46O7/c1-4-5-6-9-29(44-37(41)23(2)24-11-12-26-18-30(42-3)14-13-25(26)17-24)15-16-31-32-19-27-8-7-10-35(43-22-36(39)40)33(27)20-28(32)21-34(31)38/h7-8,10-14,17-18,23,28-29,31-32,34,38H,4-6,9,15-16,19-22H2,1-3H3,(H,39,40)/t23-,28-,29-,31+,32-,34+/m0/s1. The molecule has 0 amide bonds. The van der Waals surface area contributed by atoms with E-state index in [1.165, 1.54) is 5.56 Å². The summed E-state index contributed by atoms with van der Waals surface area (Å²) in [5, 5.41) is 22.4. The quantitative estimate of drug-likeness (QED) is 0.150. The van der Waals surface area contributed by atoms with Crippen molar-refractivity contribution < 1.29 is 34.0 Å². The largest absolute Gasteiger partial charge is 0.497 e. The number of rotatable bonds is 14. The van der Waals surface area contributed by atoms with Gasteiger partial charge in [-0.3, -0.25) is 4.79 Å². The van der Waals surface area contributed by atoms with E-state index in [2.05, 4.69) is 19.1 Å². The minimum atomic E-state index is -0.991. The first-order valence-electron chi connectivity index (χ1n) is 16.2. The van der Waals surface area contributed by atoms with Crippen molar-refractivity contribution in [2.45, 2.75) is 89.8 Å². The number of carbonyl (C=O) groups excluding carboxylic acids is 1. The van der Waals surface area contributed by atoms with Crippen LogP contribution >= 0.6 is 0 Å². The average Bonchev–Trinajstić information content (AvgIpc) is 3.33. The van der Waals surface area contributed by atoms with Crippen LogP contribution in [0.15, 0.2) is 54.6 Å². The Kier molecular flexibility index (Phi) is 10.5. The van der Waals surface area contributed by atoms with E-state index in [0.717, 1.165) is 85.4 Å². The Morgan fingerprint density at radius 1 is 1.00 bits per heavy atom. The summed E-state index contributed by atoms with van der Waals surface area (Å²) in [6.07, 6.45) is 7.35. The summed E-state index contributed by atoms with van der Waals surface area (Å²) in [5.41, 5.74) is 3.19. The normalized spacial score (nSPS) is 22.1. The summed E-state index contributed by atoms with van der Waals surface area (Å²) in [4.78, 5) is 24.5. The molecule has 1 saturated carbocycles. The number of ether oxygens (including phenoxy) is 3. The molecule has 0 aromatic heterocycles. The number of carboxylic acids is 1. The summed E-state index contributed by atoms with van der Waals surface area (Å²) in [7, 11) is 1.65. The summed E-state index contributed by atoms with van der Waals surface area (Å²) < 4.78 is 17.1. The van der Waals surface area contributed by atoms with E-state index in [4.69, 9.17) is 19.3 Å². The van der Waals surface area contributed by atoms with Crippen LogP contribution in [0, 0.1) is 17.8 Å². The fourth-order valence-corrected chi connectivity index (χ4v) is 7.38. The third-order valence-corrected chi connectivity index (χ3v) is 9.86. The molecule has 2 aliphatic rings. The molecule has 44 heavy (non-hydrogen) atoms. The Morgan fingerprint density at radius 2 is 1.80 bits per heavy atom. The molecule has 0 aliphatic heterocycles. The van der Waals surface area contributed by atoms with Crippen molar-refractivity contribution in [3.63, 3.8) is 0 Å². The van der Waals surface area contributed by atoms with Crippen LogP contribution in [0.4, 0.5) is 0 Å². The summed E-state index contributed by atoms with van der Waals surface area (Å²) >= 11 is 0. The molecule has 236 valence electrons. The SMILES string of the molecule is CCCCC[C@@H](CC[C@@H]1[C@H]2Cc3cccc(OCC(=O)O)c3C[C@H]2C[C@H]1O)OC(=O)[C@@H](C)c1ccc2cc(OC)ccc2c1. The van der Waals surface area contributed by atoms with Crippen LogP contribution in [-0.2, 0) is 27.2 Å². The molecule has 7 heteroatoms. The molecule has 5 rings (SSSR count). The molecular formula is C37H46O7. The highest BCUT2D eigenvalue weighted by molar-refractivity contribution is 5.86. The second-order valence-electron chi connectivity index (χ2n) is 12.7. The third kappa shape index (κ3) is 7.37. The van der Waals surface area contributed by atoms with Crippen molar-refractivity contribution in [3.8, 4) is 11.5 Å². The van der Waals surface area contributed by atoms with Crippen LogP contribution in [0.3, 0.4) is 0 Å². The van der Waals surface area contributed by atoms with E-state index >= 15 is 0 Å². The lowest BCUT2D eigenvalue weighted by Crippen LogP contribution is -2.29. The van der Waals surface area contributed by atoms with E-state index in [-0.39, 0.29) is 30.5 Å². The lowest BCUT2D eigenvalue weighted by molar-refractivity contribution is -0.151. The Morgan fingerprint density at radius 3 is 2.57 bits per heavy atom. The van der Waals surface area contributed by atoms with E-state index < -0.39 is 12.1 Å². The highest BCUT2D eigenvalue weighted by Crippen LogP contribution is 2.48. The van der Waals surface area contributed by atoms with E-state index in [9.17, 15) is 14.7 Å². The van der Waals surface area contributed by atoms with Crippen molar-refractivity contribution in [2.24, 2.45) is 17.8 Å². The average molecular weight is 603 g/mol. The number of esters is 1. The van der Waals surface area contributed by atoms with Crippen molar-refractivity contribution in [1.82, 2.24) is 0 Å². The molecule has 0 spiro atoms. The number of unbranched alkanes of at least 4 members (excludes halogenated alkanes) is 2. The molecule has 7 nitrogen and oxygen atoms in total. The maximum Gasteiger partial charge on any atom is 0.341 e. The van der Waals surface area contributed by atoms with Gasteiger partial charge in [-0.15, -0.1) is 0 Å². The van der Waals surface area contributed by atoms with Gasteiger partial charge in [-0.1, -0.05) is 56.2 Å². The second kappa shape index (κ2) is 14.5. The highest BCUT2D eigenvalue weighted by Gasteiger charge is 2.45. The minimum Gasteiger partial charge on any atom is -0.497 e. The maximum absolute atomic E-state index is 13.4. The molecule has 6 atom stereocenters. The number of hydrogen-bond acceptors (Lipinski definition) is 6. The number of fused-ring (bicyclic) bond motifs is 3. The van der Waals surface area contributed by atoms with Gasteiger partial charge in [-0.2, -0.15) is 0 Å². The molecule has 0 unspecified atom stereocenters. The Labute approximate surface area is 260 Å². The second-order valence-corrected chi connectivity index (χ2v) is 12.7. The summed E-state index contributed by atoms with van der Waals surface area (Å²) in [6.45, 7) is 3.73. The van der Waals surface area contributed by atoms with Crippen LogP contribution in [0.25, 0.3) is 10.8 Å². The van der Waals surface area contributed by atoms with Gasteiger partial charge in [0.1, 0.15) is 17.6 Å². The molecule has 2 N–H and O–H groups in total. The zero-order valence-electron chi connectivity index (χ0n) is 26.2. The van der Waals surface area contributed by atoms with Crippen molar-refractivity contribution in [2.75, 3.05) is 13.7 Å². The topological polar surface area (TPSA) is 102 Å². The molecule has 0 heterocycles. The van der Waals surface area contributed by atoms with Gasteiger partial charge >= 0.3 is 11.9 Å². The molecular weight excluding hydrogens is 556 g/mol. The highest BCUT2D eigenvalue weighted by atomic mass is 16.5. The Balaban J connectivity index is 1.24. The van der Waals surface area contributed by atoms with Crippen molar-refractivity contribution in [3.05, 3.63) is 71.3 Å². The molecule has 3 aromatic carbocycles. The number of carboxylic acid groups (broad SMARTS) is 1. The monoisotopic (exact) mass is 602 g/mol. The lowest BCUT2D eigenvalue weighted by atomic mass is 9.73. The van der Waals surface area contributed by atoms with Gasteiger partial charge in [0.2, 0.25) is 0 Å². The molecule has 1 fully saturated rings. The van der Waals surface area contributed by atoms with Crippen LogP contribution < -0.4 is 9.47 Å². The van der Waals surface area contributed by atoms with Gasteiger partial charge in [-0.05, 0) is 115 Å². The van der Waals surface area contributed by atoms with Gasteiger partial charge < -0.3 is 24.4 Å². The lowest BCUT2D eigenvalue weighted by Gasteiger charge is -2.33. The number of methoxy groups -OCH3 is 1. The molecule has 0 bridgehead atoms. The third-order valence-electron chi connectivity index (χ3n) is 9.86. The van der Waals surface area contributed by atoms with Crippen LogP contribution in [0.5, 0.6) is 11.5 Å². The zero-order valence-corrected chi connectivity index (χ0v) is 26.2. The van der Waals surface area contributed by atoms with E-state index in [1.54, 1.807) is 7.11 Å². The maximum atomic E-state index is 13.4. The number of carbonyl (C=O) groups is 2. The van der Waals surface area contributed by atoms with E-state index in [0.29, 0.717) is 17.6 Å². The Hall–Kier alpha value is -3.58. The number of aliphatic hydroxyl groups is 1. The summed E-state index contributed by atoms with van der Waals surface area (Å²) in [5.74, 6) is 0.672. The van der Waals surface area contributed by atoms with Crippen LogP contribution in [0.1, 0.15) is 81.4 Å². The predicted molar refractivity (Wildman–Crippen MR) is 170 cm³/mol. The molecule has 3 aromatic rings. The molecule has 2 aliphatic carbocycles. The van der Waals surface area contributed by atoms with Gasteiger partial charge in [0.15, 0.2) is 6.61 Å². The fourth-order valence-electron chi connectivity index (χ4n) is 7.38. The van der Waals surface area contributed by atoms with Crippen LogP contribution in [-0.4, -0.2) is 48.1 Å². The first-order valence-corrected chi connectivity index (χ1v) is 16.2. The fraction of sp³-hybridized carbons (Fsp3) is 0.514. The van der Waals surface area contributed by atoms with E-state index in [1.807, 2.05) is 49.4 Å². The zero-order chi connectivity index (χ0) is 31.2. The molecule has 0 radical (unpaired) electrons. The van der Waals surface area contributed by atoms with Crippen molar-refractivity contribution in [1.29, 1.82) is 0 Å². The van der Waals surface area contributed by atoms with Gasteiger partial charge in [0.25, 0.3) is 0 Å². The number of hydrogen-bond donors (Lipinski definition) is 2. The first-order chi connectivity index (χ1) is 21.3. The van der Waals surface area contributed by atoms with Gasteiger partial charge in [-0.25, -0.2) is 4.79 Å². The first kappa shape index (κ1) is 31.8. The predicted octanol–water partition coefficient (Wildman–Crippen LogP) is 7.10. The van der Waals surface area contributed by atoms with Gasteiger partial charge in [0.05, 0.1) is 19.1 Å². The smallest absolute Gasteiger partial charge is 0.341 e.